The van der Waals surface area contributed by atoms with E-state index in [2.05, 4.69) is 32.8 Å². The predicted molar refractivity (Wildman–Crippen MR) is 137 cm³/mol. The highest BCUT2D eigenvalue weighted by Crippen LogP contribution is 2.38. The van der Waals surface area contributed by atoms with Crippen LogP contribution >= 0.6 is 0 Å². The number of hydrogen-bond donors (Lipinski definition) is 3. The molecule has 5 rings (SSSR count). The number of nitrogens with one attached hydrogen (secondary N) is 3. The minimum absolute atomic E-state index is 0.0779. The molecule has 3 N–H and O–H groups in total. The van der Waals surface area contributed by atoms with Gasteiger partial charge in [-0.1, -0.05) is 12.1 Å². The maximum atomic E-state index is 12.2. The van der Waals surface area contributed by atoms with Crippen molar-refractivity contribution in [1.29, 1.82) is 0 Å². The Labute approximate surface area is 210 Å². The van der Waals surface area contributed by atoms with Gasteiger partial charge in [0.05, 0.1) is 24.4 Å². The first-order chi connectivity index (χ1) is 17.2. The van der Waals surface area contributed by atoms with Crippen molar-refractivity contribution in [3.63, 3.8) is 0 Å². The lowest BCUT2D eigenvalue weighted by atomic mass is 9.92. The van der Waals surface area contributed by atoms with E-state index in [0.29, 0.717) is 36.7 Å². The third kappa shape index (κ3) is 5.13. The molecule has 2 unspecified atom stereocenters. The molecule has 2 aromatic rings. The number of pyridine rings is 1. The van der Waals surface area contributed by atoms with Crippen LogP contribution in [0, 0.1) is 0 Å². The second kappa shape index (κ2) is 9.64. The van der Waals surface area contributed by atoms with Crippen LogP contribution in [-0.2, 0) is 20.2 Å². The molecule has 1 aromatic heterocycles. The zero-order valence-electron chi connectivity index (χ0n) is 20.3. The van der Waals surface area contributed by atoms with E-state index in [-0.39, 0.29) is 23.0 Å². The van der Waals surface area contributed by atoms with E-state index in [1.165, 1.54) is 6.20 Å². The van der Waals surface area contributed by atoms with Gasteiger partial charge in [-0.2, -0.15) is 0 Å². The number of amides is 2. The molecule has 3 heterocycles. The molecule has 0 spiro atoms. The lowest BCUT2D eigenvalue weighted by molar-refractivity contribution is -0.0436. The number of carbonyl (C=O) groups is 1. The van der Waals surface area contributed by atoms with Crippen LogP contribution in [0.25, 0.3) is 5.70 Å². The number of carbonyl (C=O) groups excluding carboxylic acids is 1. The van der Waals surface area contributed by atoms with E-state index in [1.54, 1.807) is 18.6 Å². The Kier molecular flexibility index (Phi) is 6.54. The first kappa shape index (κ1) is 24.4. The van der Waals surface area contributed by atoms with Crippen molar-refractivity contribution in [2.45, 2.75) is 42.4 Å². The average molecular weight is 511 g/mol. The topological polar surface area (TPSA) is 125 Å². The van der Waals surface area contributed by atoms with Gasteiger partial charge in [0.2, 0.25) is 0 Å². The van der Waals surface area contributed by atoms with Crippen molar-refractivity contribution in [3.8, 4) is 0 Å². The molecule has 10 nitrogen and oxygen atoms in total. The first-order valence-corrected chi connectivity index (χ1v) is 13.8. The largest absolute Gasteiger partial charge is 0.379 e. The first-order valence-electron chi connectivity index (χ1n) is 12.0. The van der Waals surface area contributed by atoms with Gasteiger partial charge >= 0.3 is 6.03 Å². The molecule has 1 aliphatic carbocycles. The van der Waals surface area contributed by atoms with E-state index >= 15 is 0 Å². The van der Waals surface area contributed by atoms with E-state index in [1.807, 2.05) is 30.3 Å². The number of urea groups is 1. The maximum absolute atomic E-state index is 12.2. The quantitative estimate of drug-likeness (QED) is 0.545. The standard InChI is InChI=1S/C25H30N6O4S/c1-17-15-35-10-9-31(17)25(19-3-5-20(6-4-19)29-24(32)30-21-7-8-21)12-23(27-16-28-25)18-11-22(14-26-13-18)36(2,33)34/h3-6,11-14,16-17,21H,7-10,15H2,1-2H3,(H,27,28)(H2,29,30,32). The Hall–Kier alpha value is -3.28. The van der Waals surface area contributed by atoms with Crippen LogP contribution in [0.4, 0.5) is 10.5 Å². The number of nitrogens with zero attached hydrogens (tertiary/aromatic N) is 3. The van der Waals surface area contributed by atoms with Gasteiger partial charge in [0.25, 0.3) is 0 Å². The third-order valence-electron chi connectivity index (χ3n) is 6.57. The van der Waals surface area contributed by atoms with Crippen LogP contribution in [0.15, 0.2) is 58.7 Å². The van der Waals surface area contributed by atoms with Gasteiger partial charge in [0, 0.05) is 54.2 Å². The SMILES string of the molecule is CC1COCCN1C1(c2ccc(NC(=O)NC3CC3)cc2)C=C(c2cncc(S(C)(=O)=O)c2)NC=N1. The Morgan fingerprint density at radius 3 is 2.69 bits per heavy atom. The Morgan fingerprint density at radius 2 is 2.00 bits per heavy atom. The fourth-order valence-electron chi connectivity index (χ4n) is 4.51. The van der Waals surface area contributed by atoms with Crippen molar-refractivity contribution < 1.29 is 17.9 Å². The highest BCUT2D eigenvalue weighted by molar-refractivity contribution is 7.90. The van der Waals surface area contributed by atoms with Crippen LogP contribution in [0.3, 0.4) is 0 Å². The monoisotopic (exact) mass is 510 g/mol. The van der Waals surface area contributed by atoms with Gasteiger partial charge in [-0.25, -0.2) is 18.2 Å². The number of benzene rings is 1. The molecule has 190 valence electrons. The third-order valence-corrected chi connectivity index (χ3v) is 7.64. The number of aliphatic imine (C=N–C) groups is 1. The molecule has 2 amide bonds. The summed E-state index contributed by atoms with van der Waals surface area (Å²) >= 11 is 0. The summed E-state index contributed by atoms with van der Waals surface area (Å²) in [5, 5.41) is 8.97. The molecule has 0 bridgehead atoms. The molecule has 1 aromatic carbocycles. The number of aromatic nitrogens is 1. The molecule has 36 heavy (non-hydrogen) atoms. The van der Waals surface area contributed by atoms with Gasteiger partial charge < -0.3 is 20.7 Å². The van der Waals surface area contributed by atoms with E-state index in [4.69, 9.17) is 9.73 Å². The molecular weight excluding hydrogens is 480 g/mol. The molecule has 2 fully saturated rings. The van der Waals surface area contributed by atoms with Crippen molar-refractivity contribution in [2.75, 3.05) is 31.3 Å². The van der Waals surface area contributed by atoms with Gasteiger partial charge in [0.15, 0.2) is 15.5 Å². The molecule has 0 radical (unpaired) electrons. The minimum atomic E-state index is -3.41. The second-order valence-corrected chi connectivity index (χ2v) is 11.5. The van der Waals surface area contributed by atoms with Crippen molar-refractivity contribution in [3.05, 3.63) is 59.9 Å². The summed E-state index contributed by atoms with van der Waals surface area (Å²) in [5.74, 6) is 0. The van der Waals surface area contributed by atoms with Crippen molar-refractivity contribution >= 4 is 33.6 Å². The summed E-state index contributed by atoms with van der Waals surface area (Å²) in [4.78, 5) is 23.6. The van der Waals surface area contributed by atoms with Gasteiger partial charge in [-0.15, -0.1) is 0 Å². The zero-order valence-corrected chi connectivity index (χ0v) is 21.1. The Balaban J connectivity index is 1.52. The normalized spacial score (nSPS) is 24.5. The molecular formula is C25H30N6O4S. The number of anilines is 1. The number of hydrogen-bond acceptors (Lipinski definition) is 8. The molecule has 2 atom stereocenters. The number of rotatable bonds is 6. The van der Waals surface area contributed by atoms with E-state index < -0.39 is 15.5 Å². The summed E-state index contributed by atoms with van der Waals surface area (Å²) in [7, 11) is -3.41. The minimum Gasteiger partial charge on any atom is -0.379 e. The molecule has 1 saturated carbocycles. The van der Waals surface area contributed by atoms with Crippen LogP contribution in [0.5, 0.6) is 0 Å². The van der Waals surface area contributed by atoms with Crippen molar-refractivity contribution in [2.24, 2.45) is 4.99 Å². The fraction of sp³-hybridized carbons (Fsp3) is 0.400. The maximum Gasteiger partial charge on any atom is 0.319 e. The van der Waals surface area contributed by atoms with Crippen molar-refractivity contribution in [1.82, 2.24) is 20.5 Å². The van der Waals surface area contributed by atoms with E-state index in [9.17, 15) is 13.2 Å². The summed E-state index contributed by atoms with van der Waals surface area (Å²) in [6.07, 6.45) is 9.83. The predicted octanol–water partition coefficient (Wildman–Crippen LogP) is 2.32. The van der Waals surface area contributed by atoms with Gasteiger partial charge in [-0.05, 0) is 49.6 Å². The van der Waals surface area contributed by atoms with Crippen LogP contribution < -0.4 is 16.0 Å². The fourth-order valence-corrected chi connectivity index (χ4v) is 5.10. The Morgan fingerprint density at radius 1 is 1.22 bits per heavy atom. The molecule has 11 heteroatoms. The summed E-state index contributed by atoms with van der Waals surface area (Å²) in [5.41, 5.74) is 2.08. The van der Waals surface area contributed by atoms with Crippen LogP contribution in [0.1, 0.15) is 30.9 Å². The van der Waals surface area contributed by atoms with Crippen LogP contribution in [-0.4, -0.2) is 68.8 Å². The highest BCUT2D eigenvalue weighted by atomic mass is 32.2. The smallest absolute Gasteiger partial charge is 0.319 e. The summed E-state index contributed by atoms with van der Waals surface area (Å²) < 4.78 is 29.9. The zero-order chi connectivity index (χ0) is 25.3. The summed E-state index contributed by atoms with van der Waals surface area (Å²) in [6, 6.07) is 9.40. The molecule has 2 aliphatic heterocycles. The lowest BCUT2D eigenvalue weighted by Gasteiger charge is -2.46. The van der Waals surface area contributed by atoms with Gasteiger partial charge in [-0.3, -0.25) is 9.88 Å². The number of morpholine rings is 1. The lowest BCUT2D eigenvalue weighted by Crippen LogP contribution is -2.55. The number of ether oxygens (including phenoxy) is 1. The Bertz CT molecular complexity index is 1310. The average Bonchev–Trinajstić information content (AvgIpc) is 3.68. The second-order valence-electron chi connectivity index (χ2n) is 9.44. The highest BCUT2D eigenvalue weighted by Gasteiger charge is 2.42. The molecule has 3 aliphatic rings. The van der Waals surface area contributed by atoms with Crippen LogP contribution in [0.2, 0.25) is 0 Å². The van der Waals surface area contributed by atoms with E-state index in [0.717, 1.165) is 24.7 Å². The summed E-state index contributed by atoms with van der Waals surface area (Å²) in [6.45, 7) is 3.90. The molecule has 1 saturated heterocycles. The number of sulfone groups is 1. The van der Waals surface area contributed by atoms with Gasteiger partial charge in [0.1, 0.15) is 0 Å².